The Labute approximate surface area is 159 Å². The molecule has 0 saturated heterocycles. The number of sulfonamides is 2. The summed E-state index contributed by atoms with van der Waals surface area (Å²) in [6.07, 6.45) is 3.07. The van der Waals surface area contributed by atoms with Gasteiger partial charge in [0.15, 0.2) is 0 Å². The van der Waals surface area contributed by atoms with Crippen LogP contribution in [0.5, 0.6) is 0 Å². The van der Waals surface area contributed by atoms with Crippen molar-refractivity contribution in [1.29, 1.82) is 0 Å². The molecule has 5 nitrogen and oxygen atoms in total. The third kappa shape index (κ3) is 3.99. The number of hydrogen-bond acceptors (Lipinski definition) is 4. The maximum absolute atomic E-state index is 13.6. The van der Waals surface area contributed by atoms with Crippen LogP contribution in [0.4, 0.5) is 10.1 Å². The summed E-state index contributed by atoms with van der Waals surface area (Å²) < 4.78 is 65.2. The number of halogens is 3. The van der Waals surface area contributed by atoms with Gasteiger partial charge < -0.3 is 0 Å². The van der Waals surface area contributed by atoms with E-state index in [2.05, 4.69) is 0 Å². The molecule has 10 heteroatoms. The molecule has 0 N–H and O–H groups in total. The first kappa shape index (κ1) is 18.7. The predicted octanol–water partition coefficient (Wildman–Crippen LogP) is 3.37. The van der Waals surface area contributed by atoms with Gasteiger partial charge in [0.05, 0.1) is 25.8 Å². The number of hydrogen-bond donors (Lipinski definition) is 0. The van der Waals surface area contributed by atoms with Crippen molar-refractivity contribution in [3.05, 3.63) is 26.5 Å². The van der Waals surface area contributed by atoms with Gasteiger partial charge in [0, 0.05) is 0 Å². The quantitative estimate of drug-likeness (QED) is 0.419. The van der Waals surface area contributed by atoms with E-state index in [0.717, 1.165) is 37.8 Å². The normalized spacial score (nSPS) is 18.6. The zero-order valence-electron chi connectivity index (χ0n) is 12.6. The summed E-state index contributed by atoms with van der Waals surface area (Å²) in [4.78, 5) is 0. The summed E-state index contributed by atoms with van der Waals surface area (Å²) in [5.74, 6) is -1.13. The minimum atomic E-state index is -4.10. The highest BCUT2D eigenvalue weighted by molar-refractivity contribution is 14.1. The second kappa shape index (κ2) is 6.55. The van der Waals surface area contributed by atoms with Crippen molar-refractivity contribution in [3.8, 4) is 0 Å². The summed E-state index contributed by atoms with van der Waals surface area (Å²) in [5.41, 5.74) is -0.191. The Morgan fingerprint density at radius 3 is 1.92 bits per heavy atom. The summed E-state index contributed by atoms with van der Waals surface area (Å²) in [7, 11) is -8.21. The first-order chi connectivity index (χ1) is 11.1. The Kier molecular flexibility index (Phi) is 5.09. The second-order valence-corrected chi connectivity index (χ2v) is 11.7. The van der Waals surface area contributed by atoms with E-state index in [0.29, 0.717) is 3.71 Å². The molecule has 0 atom stereocenters. The van der Waals surface area contributed by atoms with E-state index >= 15 is 0 Å². The van der Waals surface area contributed by atoms with Gasteiger partial charge in [-0.2, -0.15) is 3.71 Å². The molecular formula is C14H16ClFINO4S2. The van der Waals surface area contributed by atoms with Gasteiger partial charge in [0.1, 0.15) is 5.82 Å². The lowest BCUT2D eigenvalue weighted by Crippen LogP contribution is -2.41. The highest BCUT2D eigenvalue weighted by Crippen LogP contribution is 2.40. The molecule has 0 heterocycles. The fraction of sp³-hybridized carbons (Fsp3) is 0.571. The largest absolute Gasteiger partial charge is 0.248 e. The van der Waals surface area contributed by atoms with E-state index in [4.69, 9.17) is 11.6 Å². The van der Waals surface area contributed by atoms with Crippen molar-refractivity contribution in [1.82, 2.24) is 0 Å². The highest BCUT2D eigenvalue weighted by atomic mass is 127. The molecule has 1 aromatic carbocycles. The van der Waals surface area contributed by atoms with E-state index in [1.807, 2.05) is 0 Å². The molecule has 2 aliphatic rings. The molecule has 0 aliphatic heterocycles. The lowest BCUT2D eigenvalue weighted by Gasteiger charge is -2.25. The summed E-state index contributed by atoms with van der Waals surface area (Å²) in [6.45, 7) is 0. The molecular weight excluding hydrogens is 492 g/mol. The average Bonchev–Trinajstić information content (AvgIpc) is 3.36. The molecule has 0 unspecified atom stereocenters. The van der Waals surface area contributed by atoms with Crippen molar-refractivity contribution >= 4 is 59.9 Å². The lowest BCUT2D eigenvalue weighted by molar-refractivity contribution is 0.579. The van der Waals surface area contributed by atoms with Crippen molar-refractivity contribution in [3.63, 3.8) is 0 Å². The van der Waals surface area contributed by atoms with Crippen molar-refractivity contribution in [2.45, 2.75) is 25.7 Å². The van der Waals surface area contributed by atoms with Gasteiger partial charge in [-0.15, -0.1) is 0 Å². The molecule has 0 bridgehead atoms. The van der Waals surface area contributed by atoms with Crippen LogP contribution >= 0.6 is 34.2 Å². The molecule has 0 aromatic heterocycles. The van der Waals surface area contributed by atoms with E-state index < -0.39 is 25.9 Å². The van der Waals surface area contributed by atoms with Gasteiger partial charge in [0.2, 0.25) is 20.0 Å². The Balaban J connectivity index is 2.09. The standard InChI is InChI=1S/C14H16ClFINO4S2/c15-13-12(6-5-11(16)14(13)17)18(23(19,20)7-9-1-2-9)24(21,22)8-10-3-4-10/h5-6,9-10H,1-4,7-8H2. The topological polar surface area (TPSA) is 71.5 Å². The fourth-order valence-electron chi connectivity index (χ4n) is 2.43. The van der Waals surface area contributed by atoms with E-state index in [9.17, 15) is 21.2 Å². The molecule has 1 aromatic rings. The Morgan fingerprint density at radius 1 is 1.04 bits per heavy atom. The minimum absolute atomic E-state index is 0.00000976. The average molecular weight is 508 g/mol. The molecule has 0 spiro atoms. The molecule has 3 rings (SSSR count). The van der Waals surface area contributed by atoms with Crippen LogP contribution in [0, 0.1) is 21.2 Å². The first-order valence-electron chi connectivity index (χ1n) is 7.51. The third-order valence-electron chi connectivity index (χ3n) is 4.00. The Morgan fingerprint density at radius 2 is 1.50 bits per heavy atom. The van der Waals surface area contributed by atoms with Crippen molar-refractivity contribution in [2.75, 3.05) is 15.2 Å². The van der Waals surface area contributed by atoms with Crippen LogP contribution in [-0.4, -0.2) is 28.3 Å². The van der Waals surface area contributed by atoms with Crippen LogP contribution in [0.1, 0.15) is 25.7 Å². The van der Waals surface area contributed by atoms with Crippen LogP contribution in [0.2, 0.25) is 5.02 Å². The minimum Gasteiger partial charge on any atom is -0.206 e. The number of anilines is 1. The number of benzene rings is 1. The molecule has 134 valence electrons. The van der Waals surface area contributed by atoms with Crippen LogP contribution < -0.4 is 3.71 Å². The van der Waals surface area contributed by atoms with Crippen molar-refractivity contribution < 1.29 is 21.2 Å². The van der Waals surface area contributed by atoms with Gasteiger partial charge >= 0.3 is 0 Å². The molecule has 0 radical (unpaired) electrons. The summed E-state index contributed by atoms with van der Waals surface area (Å²) in [6, 6.07) is 2.16. The van der Waals surface area contributed by atoms with Crippen molar-refractivity contribution in [2.24, 2.45) is 11.8 Å². The molecule has 2 aliphatic carbocycles. The molecule has 2 saturated carbocycles. The smallest absolute Gasteiger partial charge is 0.206 e. The maximum atomic E-state index is 13.6. The van der Waals surface area contributed by atoms with Crippen LogP contribution in [0.25, 0.3) is 0 Å². The zero-order chi connectivity index (χ0) is 17.7. The lowest BCUT2D eigenvalue weighted by atomic mass is 10.3. The van der Waals surface area contributed by atoms with Gasteiger partial charge in [0.25, 0.3) is 0 Å². The SMILES string of the molecule is O=S(=O)(CC1CC1)N(c1ccc(F)c(I)c1Cl)S(=O)(=O)CC1CC1. The monoisotopic (exact) mass is 507 g/mol. The Hall–Kier alpha value is -0.130. The van der Waals surface area contributed by atoms with Gasteiger partial charge in [-0.1, -0.05) is 11.6 Å². The third-order valence-corrected chi connectivity index (χ3v) is 10.3. The van der Waals surface area contributed by atoms with Crippen LogP contribution in [0.15, 0.2) is 12.1 Å². The summed E-state index contributed by atoms with van der Waals surface area (Å²) >= 11 is 7.73. The van der Waals surface area contributed by atoms with Gasteiger partial charge in [-0.05, 0) is 72.2 Å². The zero-order valence-corrected chi connectivity index (χ0v) is 17.1. The molecule has 0 amide bonds. The van der Waals surface area contributed by atoms with E-state index in [1.165, 1.54) is 0 Å². The number of nitrogens with zero attached hydrogens (tertiary/aromatic N) is 1. The van der Waals surface area contributed by atoms with Gasteiger partial charge in [-0.3, -0.25) is 0 Å². The predicted molar refractivity (Wildman–Crippen MR) is 99.6 cm³/mol. The molecule has 2 fully saturated rings. The van der Waals surface area contributed by atoms with Crippen LogP contribution in [0.3, 0.4) is 0 Å². The van der Waals surface area contributed by atoms with Crippen LogP contribution in [-0.2, 0) is 20.0 Å². The number of rotatable bonds is 7. The van der Waals surface area contributed by atoms with Gasteiger partial charge in [-0.25, -0.2) is 21.2 Å². The fourth-order valence-corrected chi connectivity index (χ4v) is 8.01. The van der Waals surface area contributed by atoms with E-state index in [1.54, 1.807) is 22.6 Å². The highest BCUT2D eigenvalue weighted by Gasteiger charge is 2.42. The van der Waals surface area contributed by atoms with E-state index in [-0.39, 0.29) is 37.6 Å². The second-order valence-electron chi connectivity index (χ2n) is 6.34. The maximum Gasteiger partial charge on any atom is 0.248 e. The molecule has 24 heavy (non-hydrogen) atoms. The first-order valence-corrected chi connectivity index (χ1v) is 12.2. The Bertz CT molecular complexity index is 823. The summed E-state index contributed by atoms with van der Waals surface area (Å²) in [5, 5.41) is -0.200.